The summed E-state index contributed by atoms with van der Waals surface area (Å²) >= 11 is 1.25. The van der Waals surface area contributed by atoms with Crippen molar-refractivity contribution in [1.82, 2.24) is 10.6 Å². The van der Waals surface area contributed by atoms with Crippen LogP contribution in [0.4, 0.5) is 10.1 Å². The minimum Gasteiger partial charge on any atom is -0.467 e. The molecule has 0 radical (unpaired) electrons. The van der Waals surface area contributed by atoms with Crippen LogP contribution in [-0.4, -0.2) is 30.3 Å². The lowest BCUT2D eigenvalue weighted by Crippen LogP contribution is -2.49. The zero-order valence-corrected chi connectivity index (χ0v) is 18.6. The van der Waals surface area contributed by atoms with Gasteiger partial charge in [0.05, 0.1) is 17.7 Å². The van der Waals surface area contributed by atoms with Gasteiger partial charge in [-0.3, -0.25) is 19.3 Å². The largest absolute Gasteiger partial charge is 0.467 e. The molecule has 1 atom stereocenters. The molecule has 0 saturated heterocycles. The van der Waals surface area contributed by atoms with Gasteiger partial charge >= 0.3 is 0 Å². The average Bonchev–Trinajstić information content (AvgIpc) is 3.58. The minimum absolute atomic E-state index is 0.0120. The van der Waals surface area contributed by atoms with Gasteiger partial charge in [-0.05, 0) is 54.6 Å². The summed E-state index contributed by atoms with van der Waals surface area (Å²) in [6.45, 7) is -0.374. The normalized spacial score (nSPS) is 14.6. The number of hydrogen-bond acceptors (Lipinski definition) is 5. The molecule has 4 rings (SSSR count). The van der Waals surface area contributed by atoms with Gasteiger partial charge in [-0.2, -0.15) is 0 Å². The predicted molar refractivity (Wildman–Crippen MR) is 122 cm³/mol. The SMILES string of the molecule is O=C(NCC(=O)N(c1cccc(F)c1)[C@H](C(=O)NC1CCCC1)c1ccco1)c1cccs1. The number of anilines is 1. The number of amides is 3. The summed E-state index contributed by atoms with van der Waals surface area (Å²) in [6, 6.07) is 10.9. The first-order valence-electron chi connectivity index (χ1n) is 10.8. The summed E-state index contributed by atoms with van der Waals surface area (Å²) in [5, 5.41) is 7.35. The Morgan fingerprint density at radius 3 is 2.61 bits per heavy atom. The Hall–Kier alpha value is -3.46. The van der Waals surface area contributed by atoms with Crippen molar-refractivity contribution in [3.63, 3.8) is 0 Å². The molecule has 2 heterocycles. The van der Waals surface area contributed by atoms with Crippen LogP contribution >= 0.6 is 11.3 Å². The van der Waals surface area contributed by atoms with E-state index in [2.05, 4.69) is 10.6 Å². The molecule has 2 aromatic heterocycles. The molecule has 33 heavy (non-hydrogen) atoms. The molecule has 3 aromatic rings. The molecule has 3 amide bonds. The van der Waals surface area contributed by atoms with Crippen molar-refractivity contribution in [2.75, 3.05) is 11.4 Å². The number of halogens is 1. The standard InChI is InChI=1S/C24H24FN3O4S/c25-16-6-3-9-18(14-16)28(21(29)15-26-23(30)20-11-5-13-33-20)22(19-10-4-12-32-19)24(31)27-17-7-1-2-8-17/h3-6,9-14,17,22H,1-2,7-8,15H2,(H,26,30)(H,27,31)/t22-/m0/s1. The number of hydrogen-bond donors (Lipinski definition) is 2. The molecule has 1 aromatic carbocycles. The lowest BCUT2D eigenvalue weighted by molar-refractivity contribution is -0.127. The number of nitrogens with one attached hydrogen (secondary N) is 2. The average molecular weight is 470 g/mol. The van der Waals surface area contributed by atoms with Crippen LogP contribution in [0.5, 0.6) is 0 Å². The van der Waals surface area contributed by atoms with Crippen LogP contribution < -0.4 is 15.5 Å². The van der Waals surface area contributed by atoms with Crippen molar-refractivity contribution in [2.45, 2.75) is 37.8 Å². The zero-order valence-electron chi connectivity index (χ0n) is 17.8. The molecule has 0 spiro atoms. The Kier molecular flexibility index (Phi) is 7.19. The van der Waals surface area contributed by atoms with Gasteiger partial charge in [-0.25, -0.2) is 4.39 Å². The van der Waals surface area contributed by atoms with Crippen LogP contribution in [0.2, 0.25) is 0 Å². The first kappa shape index (κ1) is 22.7. The lowest BCUT2D eigenvalue weighted by Gasteiger charge is -2.31. The molecule has 0 bridgehead atoms. The number of furan rings is 1. The van der Waals surface area contributed by atoms with E-state index >= 15 is 0 Å². The Bertz CT molecular complexity index is 1090. The molecule has 172 valence electrons. The fourth-order valence-corrected chi connectivity index (χ4v) is 4.61. The van der Waals surface area contributed by atoms with Gasteiger partial charge in [0.2, 0.25) is 5.91 Å². The quantitative estimate of drug-likeness (QED) is 0.521. The maximum Gasteiger partial charge on any atom is 0.261 e. The molecule has 1 aliphatic carbocycles. The molecule has 0 aliphatic heterocycles. The molecule has 1 aliphatic rings. The smallest absolute Gasteiger partial charge is 0.261 e. The number of rotatable bonds is 8. The molecule has 9 heteroatoms. The minimum atomic E-state index is -1.16. The fraction of sp³-hybridized carbons (Fsp3) is 0.292. The molecule has 7 nitrogen and oxygen atoms in total. The number of nitrogens with zero attached hydrogens (tertiary/aromatic N) is 1. The highest BCUT2D eigenvalue weighted by molar-refractivity contribution is 7.12. The molecule has 1 saturated carbocycles. The molecule has 0 unspecified atom stereocenters. The van der Waals surface area contributed by atoms with Gasteiger partial charge in [0.15, 0.2) is 6.04 Å². The summed E-state index contributed by atoms with van der Waals surface area (Å²) in [7, 11) is 0. The van der Waals surface area contributed by atoms with Crippen molar-refractivity contribution < 1.29 is 23.2 Å². The van der Waals surface area contributed by atoms with Gasteiger partial charge in [0.1, 0.15) is 11.6 Å². The first-order chi connectivity index (χ1) is 16.0. The van der Waals surface area contributed by atoms with E-state index in [1.165, 1.54) is 40.7 Å². The summed E-state index contributed by atoms with van der Waals surface area (Å²) in [5.41, 5.74) is 0.188. The van der Waals surface area contributed by atoms with Crippen molar-refractivity contribution >= 4 is 34.7 Å². The van der Waals surface area contributed by atoms with Gasteiger partial charge in [-0.1, -0.05) is 25.0 Å². The maximum absolute atomic E-state index is 14.1. The third kappa shape index (κ3) is 5.48. The third-order valence-corrected chi connectivity index (χ3v) is 6.39. The van der Waals surface area contributed by atoms with Crippen LogP contribution in [0.15, 0.2) is 64.6 Å². The molecule has 2 N–H and O–H groups in total. The van der Waals surface area contributed by atoms with Crippen LogP contribution in [0, 0.1) is 5.82 Å². The Labute approximate surface area is 194 Å². The predicted octanol–water partition coefficient (Wildman–Crippen LogP) is 4.04. The van der Waals surface area contributed by atoms with E-state index in [9.17, 15) is 18.8 Å². The second kappa shape index (κ2) is 10.4. The van der Waals surface area contributed by atoms with Gasteiger partial charge in [0, 0.05) is 11.7 Å². The summed E-state index contributed by atoms with van der Waals surface area (Å²) in [4.78, 5) is 40.8. The first-order valence-corrected chi connectivity index (χ1v) is 11.6. The van der Waals surface area contributed by atoms with Crippen LogP contribution in [-0.2, 0) is 9.59 Å². The van der Waals surface area contributed by atoms with Crippen LogP contribution in [0.25, 0.3) is 0 Å². The van der Waals surface area contributed by atoms with Crippen LogP contribution in [0.1, 0.15) is 47.2 Å². The maximum atomic E-state index is 14.1. The highest BCUT2D eigenvalue weighted by Gasteiger charge is 2.36. The van der Waals surface area contributed by atoms with Gasteiger partial charge in [-0.15, -0.1) is 11.3 Å². The third-order valence-electron chi connectivity index (χ3n) is 5.52. The van der Waals surface area contributed by atoms with Crippen molar-refractivity contribution in [3.8, 4) is 0 Å². The van der Waals surface area contributed by atoms with E-state index in [1.807, 2.05) is 0 Å². The second-order valence-corrected chi connectivity index (χ2v) is 8.76. The monoisotopic (exact) mass is 469 g/mol. The Morgan fingerprint density at radius 2 is 1.94 bits per heavy atom. The van der Waals surface area contributed by atoms with E-state index < -0.39 is 29.6 Å². The van der Waals surface area contributed by atoms with Crippen LogP contribution in [0.3, 0.4) is 0 Å². The van der Waals surface area contributed by atoms with E-state index in [4.69, 9.17) is 4.42 Å². The van der Waals surface area contributed by atoms with E-state index in [1.54, 1.807) is 35.7 Å². The highest BCUT2D eigenvalue weighted by Crippen LogP contribution is 2.30. The summed E-state index contributed by atoms with van der Waals surface area (Å²) < 4.78 is 19.6. The van der Waals surface area contributed by atoms with E-state index in [0.29, 0.717) is 4.88 Å². The number of thiophene rings is 1. The second-order valence-electron chi connectivity index (χ2n) is 7.81. The lowest BCUT2D eigenvalue weighted by atomic mass is 10.1. The number of carbonyl (C=O) groups is 3. The number of carbonyl (C=O) groups excluding carboxylic acids is 3. The fourth-order valence-electron chi connectivity index (χ4n) is 3.97. The topological polar surface area (TPSA) is 91.7 Å². The molecular formula is C24H24FN3O4S. The summed E-state index contributed by atoms with van der Waals surface area (Å²) in [5.74, 6) is -1.70. The summed E-state index contributed by atoms with van der Waals surface area (Å²) in [6.07, 6.45) is 5.19. The Morgan fingerprint density at radius 1 is 1.12 bits per heavy atom. The highest BCUT2D eigenvalue weighted by atomic mass is 32.1. The zero-order chi connectivity index (χ0) is 23.2. The van der Waals surface area contributed by atoms with Gasteiger partial charge in [0.25, 0.3) is 11.8 Å². The van der Waals surface area contributed by atoms with Crippen molar-refractivity contribution in [3.05, 3.63) is 76.6 Å². The van der Waals surface area contributed by atoms with Crippen molar-refractivity contribution in [2.24, 2.45) is 0 Å². The van der Waals surface area contributed by atoms with E-state index in [0.717, 1.165) is 25.7 Å². The molecular weight excluding hydrogens is 445 g/mol. The number of benzene rings is 1. The molecule has 1 fully saturated rings. The van der Waals surface area contributed by atoms with Crippen molar-refractivity contribution in [1.29, 1.82) is 0 Å². The Balaban J connectivity index is 1.63. The van der Waals surface area contributed by atoms with E-state index in [-0.39, 0.29) is 24.0 Å². The van der Waals surface area contributed by atoms with Gasteiger partial charge < -0.3 is 15.1 Å².